The first-order valence-corrected chi connectivity index (χ1v) is 7.17. The Morgan fingerprint density at radius 3 is 2.74 bits per heavy atom. The van der Waals surface area contributed by atoms with Gasteiger partial charge in [0, 0.05) is 9.77 Å². The van der Waals surface area contributed by atoms with E-state index in [2.05, 4.69) is 30.9 Å². The number of phenols is 1. The molecule has 1 N–H and O–H groups in total. The molecule has 0 radical (unpaired) electrons. The molecule has 0 saturated heterocycles. The molecule has 0 unspecified atom stereocenters. The molecular weight excluding hydrogens is 284 g/mol. The molecule has 0 saturated carbocycles. The topological polar surface area (TPSA) is 59.2 Å². The third-order valence-corrected chi connectivity index (χ3v) is 3.80. The monoisotopic (exact) mass is 298 g/mol. The zero-order chi connectivity index (χ0) is 14.0. The van der Waals surface area contributed by atoms with Crippen LogP contribution < -0.4 is 0 Å². The first-order valence-electron chi connectivity index (χ1n) is 5.80. The Morgan fingerprint density at radius 2 is 2.11 bits per heavy atom. The molecule has 2 rings (SSSR count). The summed E-state index contributed by atoms with van der Waals surface area (Å²) >= 11 is 7.51. The lowest BCUT2D eigenvalue weighted by atomic mass is 10.2. The smallest absolute Gasteiger partial charge is 0.261 e. The van der Waals surface area contributed by atoms with E-state index in [1.807, 2.05) is 0 Å². The van der Waals surface area contributed by atoms with Crippen molar-refractivity contribution in [3.63, 3.8) is 0 Å². The number of hydrogen-bond donors (Lipinski definition) is 1. The number of aromatic nitrogens is 2. The zero-order valence-corrected chi connectivity index (χ0v) is 12.5. The van der Waals surface area contributed by atoms with Gasteiger partial charge in [-0.15, -0.1) is 11.8 Å². The Hall–Kier alpha value is -1.20. The van der Waals surface area contributed by atoms with Crippen LogP contribution in [0.1, 0.15) is 26.6 Å². The van der Waals surface area contributed by atoms with Gasteiger partial charge in [-0.05, 0) is 18.2 Å². The molecule has 0 aliphatic heterocycles. The molecule has 0 fully saturated rings. The van der Waals surface area contributed by atoms with Crippen molar-refractivity contribution in [2.24, 2.45) is 0 Å². The summed E-state index contributed by atoms with van der Waals surface area (Å²) < 4.78 is 5.30. The number of phenolic OH excluding ortho intramolecular Hbond substituents is 1. The van der Waals surface area contributed by atoms with Crippen molar-refractivity contribution in [3.05, 3.63) is 29.0 Å². The van der Waals surface area contributed by atoms with E-state index in [-0.39, 0.29) is 10.5 Å². The number of thioether (sulfide) groups is 1. The van der Waals surface area contributed by atoms with Crippen LogP contribution in [0.25, 0.3) is 11.5 Å². The van der Waals surface area contributed by atoms with Crippen LogP contribution >= 0.6 is 23.4 Å². The van der Waals surface area contributed by atoms with Crippen LogP contribution in [0.4, 0.5) is 0 Å². The molecule has 0 atom stereocenters. The van der Waals surface area contributed by atoms with Crippen molar-refractivity contribution >= 4 is 23.4 Å². The van der Waals surface area contributed by atoms with Gasteiger partial charge in [-0.1, -0.05) is 37.5 Å². The SMILES string of the molecule is CC(C)(C)SCc1noc(-c2ccc(Cl)cc2O)n1. The maximum absolute atomic E-state index is 9.80. The van der Waals surface area contributed by atoms with E-state index >= 15 is 0 Å². The molecule has 1 heterocycles. The van der Waals surface area contributed by atoms with Gasteiger partial charge in [0.15, 0.2) is 5.82 Å². The van der Waals surface area contributed by atoms with Gasteiger partial charge in [-0.25, -0.2) is 0 Å². The van der Waals surface area contributed by atoms with Crippen molar-refractivity contribution in [2.45, 2.75) is 31.3 Å². The second-order valence-corrected chi connectivity index (χ2v) is 7.32. The quantitative estimate of drug-likeness (QED) is 0.923. The summed E-state index contributed by atoms with van der Waals surface area (Å²) in [4.78, 5) is 4.27. The van der Waals surface area contributed by atoms with E-state index in [0.29, 0.717) is 28.1 Å². The molecule has 4 nitrogen and oxygen atoms in total. The summed E-state index contributed by atoms with van der Waals surface area (Å²) in [7, 11) is 0. The van der Waals surface area contributed by atoms with Gasteiger partial charge in [0.2, 0.25) is 0 Å². The summed E-state index contributed by atoms with van der Waals surface area (Å²) in [5, 5.41) is 14.2. The summed E-state index contributed by atoms with van der Waals surface area (Å²) in [6.45, 7) is 6.39. The minimum absolute atomic E-state index is 0.0335. The highest BCUT2D eigenvalue weighted by Gasteiger charge is 2.16. The number of aromatic hydroxyl groups is 1. The molecule has 0 aliphatic carbocycles. The van der Waals surface area contributed by atoms with Crippen molar-refractivity contribution in [3.8, 4) is 17.2 Å². The average Bonchev–Trinajstić information content (AvgIpc) is 2.74. The number of nitrogens with zero attached hydrogens (tertiary/aromatic N) is 2. The second-order valence-electron chi connectivity index (χ2n) is 5.08. The van der Waals surface area contributed by atoms with E-state index in [9.17, 15) is 5.11 Å². The summed E-state index contributed by atoms with van der Waals surface area (Å²) in [6.07, 6.45) is 0. The van der Waals surface area contributed by atoms with Gasteiger partial charge in [-0.2, -0.15) is 4.98 Å². The average molecular weight is 299 g/mol. The Labute approximate surface area is 121 Å². The van der Waals surface area contributed by atoms with Crippen molar-refractivity contribution < 1.29 is 9.63 Å². The van der Waals surface area contributed by atoms with Gasteiger partial charge in [0.25, 0.3) is 5.89 Å². The van der Waals surface area contributed by atoms with Crippen LogP contribution in [0.2, 0.25) is 5.02 Å². The normalized spacial score (nSPS) is 11.8. The molecule has 1 aromatic carbocycles. The Kier molecular flexibility index (Phi) is 4.06. The first-order chi connectivity index (χ1) is 8.85. The van der Waals surface area contributed by atoms with Crippen LogP contribution in [0.5, 0.6) is 5.75 Å². The molecule has 0 spiro atoms. The molecule has 0 amide bonds. The lowest BCUT2D eigenvalue weighted by molar-refractivity contribution is 0.419. The fourth-order valence-corrected chi connectivity index (χ4v) is 2.23. The van der Waals surface area contributed by atoms with Crippen LogP contribution in [0.3, 0.4) is 0 Å². The van der Waals surface area contributed by atoms with Crippen LogP contribution in [-0.2, 0) is 5.75 Å². The highest BCUT2D eigenvalue weighted by molar-refractivity contribution is 7.99. The van der Waals surface area contributed by atoms with Gasteiger partial charge in [-0.3, -0.25) is 0 Å². The van der Waals surface area contributed by atoms with E-state index in [0.717, 1.165) is 0 Å². The predicted molar refractivity (Wildman–Crippen MR) is 77.5 cm³/mol. The van der Waals surface area contributed by atoms with E-state index in [1.165, 1.54) is 6.07 Å². The summed E-state index contributed by atoms with van der Waals surface area (Å²) in [5.41, 5.74) is 0.490. The Morgan fingerprint density at radius 1 is 1.37 bits per heavy atom. The highest BCUT2D eigenvalue weighted by atomic mass is 35.5. The number of halogens is 1. The molecule has 2 aromatic rings. The lowest BCUT2D eigenvalue weighted by Gasteiger charge is -2.15. The van der Waals surface area contributed by atoms with E-state index < -0.39 is 0 Å². The van der Waals surface area contributed by atoms with Gasteiger partial charge < -0.3 is 9.63 Å². The fourth-order valence-electron chi connectivity index (χ4n) is 1.39. The summed E-state index contributed by atoms with van der Waals surface area (Å²) in [5.74, 6) is 1.62. The fraction of sp³-hybridized carbons (Fsp3) is 0.385. The lowest BCUT2D eigenvalue weighted by Crippen LogP contribution is -2.07. The summed E-state index contributed by atoms with van der Waals surface area (Å²) in [6, 6.07) is 4.78. The van der Waals surface area contributed by atoms with Crippen molar-refractivity contribution in [1.29, 1.82) is 0 Å². The van der Waals surface area contributed by atoms with E-state index in [4.69, 9.17) is 16.1 Å². The van der Waals surface area contributed by atoms with Gasteiger partial charge in [0.1, 0.15) is 5.75 Å². The van der Waals surface area contributed by atoms with Gasteiger partial charge in [0.05, 0.1) is 11.3 Å². The maximum atomic E-state index is 9.80. The number of rotatable bonds is 3. The Bertz CT molecular complexity index is 578. The third-order valence-electron chi connectivity index (χ3n) is 2.29. The molecule has 6 heteroatoms. The standard InChI is InChI=1S/C13H15ClN2O2S/c1-13(2,3)19-7-11-15-12(18-16-11)9-5-4-8(14)6-10(9)17/h4-6,17H,7H2,1-3H3. The zero-order valence-electron chi connectivity index (χ0n) is 11.0. The highest BCUT2D eigenvalue weighted by Crippen LogP contribution is 2.31. The molecule has 0 aliphatic rings. The van der Waals surface area contributed by atoms with E-state index in [1.54, 1.807) is 23.9 Å². The first kappa shape index (κ1) is 14.2. The third kappa shape index (κ3) is 3.88. The van der Waals surface area contributed by atoms with Crippen LogP contribution in [0, 0.1) is 0 Å². The van der Waals surface area contributed by atoms with Crippen LogP contribution in [0.15, 0.2) is 22.7 Å². The minimum Gasteiger partial charge on any atom is -0.507 e. The second kappa shape index (κ2) is 5.43. The van der Waals surface area contributed by atoms with Crippen LogP contribution in [-0.4, -0.2) is 20.0 Å². The van der Waals surface area contributed by atoms with Gasteiger partial charge >= 0.3 is 0 Å². The number of benzene rings is 1. The molecular formula is C13H15ClN2O2S. The van der Waals surface area contributed by atoms with Crippen molar-refractivity contribution in [2.75, 3.05) is 0 Å². The minimum atomic E-state index is 0.0335. The molecule has 1 aromatic heterocycles. The molecule has 19 heavy (non-hydrogen) atoms. The van der Waals surface area contributed by atoms with Crippen molar-refractivity contribution in [1.82, 2.24) is 10.1 Å². The largest absolute Gasteiger partial charge is 0.507 e. The predicted octanol–water partition coefficient (Wildman–Crippen LogP) is 4.13. The Balaban J connectivity index is 2.16. The maximum Gasteiger partial charge on any atom is 0.261 e. The molecule has 0 bridgehead atoms. The number of hydrogen-bond acceptors (Lipinski definition) is 5. The molecule has 102 valence electrons.